The molecule has 0 spiro atoms. The van der Waals surface area contributed by atoms with E-state index in [0.717, 1.165) is 25.9 Å². The Balaban J connectivity index is 1.80. The number of hydrogen-bond donors (Lipinski definition) is 2. The molecule has 2 aliphatic rings. The molecule has 0 radical (unpaired) electrons. The zero-order valence-corrected chi connectivity index (χ0v) is 11.6. The number of piperidine rings is 1. The zero-order valence-electron chi connectivity index (χ0n) is 11.6. The smallest absolute Gasteiger partial charge is 0.415 e. The summed E-state index contributed by atoms with van der Waals surface area (Å²) in [5, 5.41) is 12.9. The Labute approximate surface area is 118 Å². The van der Waals surface area contributed by atoms with Crippen molar-refractivity contribution in [3.8, 4) is 5.75 Å². The van der Waals surface area contributed by atoms with E-state index in [-0.39, 0.29) is 11.8 Å². The van der Waals surface area contributed by atoms with Crippen LogP contribution in [0.3, 0.4) is 0 Å². The second-order valence-electron chi connectivity index (χ2n) is 5.81. The average molecular weight is 276 g/mol. The van der Waals surface area contributed by atoms with Crippen LogP contribution < -0.4 is 10.2 Å². The number of hydrogen-bond acceptors (Lipinski definition) is 4. The van der Waals surface area contributed by atoms with Gasteiger partial charge in [0.2, 0.25) is 0 Å². The molecule has 0 aromatic heterocycles. The van der Waals surface area contributed by atoms with Crippen molar-refractivity contribution in [3.05, 3.63) is 24.3 Å². The van der Waals surface area contributed by atoms with E-state index in [9.17, 15) is 9.90 Å². The van der Waals surface area contributed by atoms with Crippen LogP contribution >= 0.6 is 0 Å². The number of phenolic OH excluding ortho intramolecular Hbond substituents is 1. The predicted octanol–water partition coefficient (Wildman–Crippen LogP) is 2.11. The molecule has 0 aliphatic carbocycles. The number of carbonyl (C=O) groups is 1. The minimum Gasteiger partial charge on any atom is -0.508 e. The number of nitrogens with one attached hydrogen (secondary N) is 1. The van der Waals surface area contributed by atoms with Crippen LogP contribution in [0.5, 0.6) is 5.75 Å². The van der Waals surface area contributed by atoms with Crippen LogP contribution in [0.1, 0.15) is 19.8 Å². The third kappa shape index (κ3) is 2.33. The largest absolute Gasteiger partial charge is 0.508 e. The molecule has 2 aliphatic heterocycles. The second-order valence-corrected chi connectivity index (χ2v) is 5.81. The van der Waals surface area contributed by atoms with Crippen LogP contribution in [0.25, 0.3) is 0 Å². The highest BCUT2D eigenvalue weighted by molar-refractivity contribution is 5.90. The molecule has 1 aromatic carbocycles. The number of nitrogens with zero attached hydrogens (tertiary/aromatic N) is 1. The Morgan fingerprint density at radius 2 is 2.15 bits per heavy atom. The molecule has 2 heterocycles. The lowest BCUT2D eigenvalue weighted by Crippen LogP contribution is -2.44. The molecule has 2 fully saturated rings. The van der Waals surface area contributed by atoms with Gasteiger partial charge in [-0.05, 0) is 45.0 Å². The first-order valence-corrected chi connectivity index (χ1v) is 7.09. The molecule has 1 atom stereocenters. The van der Waals surface area contributed by atoms with E-state index in [1.54, 1.807) is 23.1 Å². The minimum atomic E-state index is -0.440. The third-order valence-corrected chi connectivity index (χ3v) is 4.36. The first-order valence-electron chi connectivity index (χ1n) is 7.09. The number of amides is 1. The lowest BCUT2D eigenvalue weighted by molar-refractivity contribution is 0.00962. The maximum absolute atomic E-state index is 12.2. The first kappa shape index (κ1) is 13.2. The zero-order chi connectivity index (χ0) is 14.2. The third-order valence-electron chi connectivity index (χ3n) is 4.36. The van der Waals surface area contributed by atoms with Gasteiger partial charge in [-0.3, -0.25) is 4.90 Å². The summed E-state index contributed by atoms with van der Waals surface area (Å²) in [4.78, 5) is 13.8. The normalized spacial score (nSPS) is 27.6. The van der Waals surface area contributed by atoms with E-state index >= 15 is 0 Å². The van der Waals surface area contributed by atoms with Gasteiger partial charge >= 0.3 is 6.09 Å². The van der Waals surface area contributed by atoms with Crippen molar-refractivity contribution >= 4 is 11.8 Å². The Morgan fingerprint density at radius 3 is 2.85 bits per heavy atom. The molecule has 5 nitrogen and oxygen atoms in total. The van der Waals surface area contributed by atoms with E-state index in [1.165, 1.54) is 0 Å². The summed E-state index contributed by atoms with van der Waals surface area (Å²) in [5.74, 6) is 0.542. The highest BCUT2D eigenvalue weighted by atomic mass is 16.6. The molecular weight excluding hydrogens is 256 g/mol. The van der Waals surface area contributed by atoms with Crippen molar-refractivity contribution in [2.24, 2.45) is 5.92 Å². The van der Waals surface area contributed by atoms with Gasteiger partial charge in [0.25, 0.3) is 0 Å². The SMILES string of the molecule is CC1(C2CCNCC2)CN(c2cccc(O)c2)C(=O)O1. The quantitative estimate of drug-likeness (QED) is 0.868. The molecule has 2 N–H and O–H groups in total. The number of phenols is 1. The standard InChI is InChI=1S/C15H20N2O3/c1-15(11-5-7-16-8-6-11)10-17(14(19)20-15)12-3-2-4-13(18)9-12/h2-4,9,11,16,18H,5-8,10H2,1H3. The fraction of sp³-hybridized carbons (Fsp3) is 0.533. The Kier molecular flexibility index (Phi) is 3.30. The van der Waals surface area contributed by atoms with Crippen LogP contribution in [0.2, 0.25) is 0 Å². The molecule has 5 heteroatoms. The number of aromatic hydroxyl groups is 1. The van der Waals surface area contributed by atoms with Crippen molar-refractivity contribution < 1.29 is 14.6 Å². The highest BCUT2D eigenvalue weighted by Crippen LogP contribution is 2.37. The summed E-state index contributed by atoms with van der Waals surface area (Å²) in [7, 11) is 0. The van der Waals surface area contributed by atoms with Crippen molar-refractivity contribution in [1.29, 1.82) is 0 Å². The summed E-state index contributed by atoms with van der Waals surface area (Å²) in [6.07, 6.45) is 1.73. The van der Waals surface area contributed by atoms with Crippen molar-refractivity contribution in [3.63, 3.8) is 0 Å². The van der Waals surface area contributed by atoms with Crippen molar-refractivity contribution in [2.75, 3.05) is 24.5 Å². The Morgan fingerprint density at radius 1 is 1.40 bits per heavy atom. The van der Waals surface area contributed by atoms with Crippen LogP contribution in [0, 0.1) is 5.92 Å². The van der Waals surface area contributed by atoms with E-state index < -0.39 is 5.60 Å². The first-order chi connectivity index (χ1) is 9.58. The molecular formula is C15H20N2O3. The van der Waals surface area contributed by atoms with Gasteiger partial charge in [-0.25, -0.2) is 4.79 Å². The van der Waals surface area contributed by atoms with Crippen molar-refractivity contribution in [1.82, 2.24) is 5.32 Å². The van der Waals surface area contributed by atoms with E-state index in [1.807, 2.05) is 13.0 Å². The summed E-state index contributed by atoms with van der Waals surface area (Å²) >= 11 is 0. The molecule has 2 saturated heterocycles. The van der Waals surface area contributed by atoms with Gasteiger partial charge in [0, 0.05) is 12.0 Å². The molecule has 1 amide bonds. The molecule has 0 bridgehead atoms. The molecule has 0 saturated carbocycles. The van der Waals surface area contributed by atoms with Crippen LogP contribution in [-0.4, -0.2) is 36.4 Å². The van der Waals surface area contributed by atoms with Gasteiger partial charge in [0.05, 0.1) is 12.2 Å². The number of carbonyl (C=O) groups excluding carboxylic acids is 1. The number of anilines is 1. The maximum Gasteiger partial charge on any atom is 0.415 e. The number of cyclic esters (lactones) is 1. The second kappa shape index (κ2) is 4.98. The summed E-state index contributed by atoms with van der Waals surface area (Å²) in [6.45, 7) is 4.51. The van der Waals surface area contributed by atoms with Crippen molar-refractivity contribution in [2.45, 2.75) is 25.4 Å². The fourth-order valence-electron chi connectivity index (χ4n) is 3.17. The lowest BCUT2D eigenvalue weighted by atomic mass is 9.82. The topological polar surface area (TPSA) is 61.8 Å². The van der Waals surface area contributed by atoms with Gasteiger partial charge in [-0.15, -0.1) is 0 Å². The fourth-order valence-corrected chi connectivity index (χ4v) is 3.17. The molecule has 1 aromatic rings. The van der Waals surface area contributed by atoms with Gasteiger partial charge in [-0.1, -0.05) is 6.07 Å². The van der Waals surface area contributed by atoms with E-state index in [2.05, 4.69) is 5.32 Å². The number of benzene rings is 1. The van der Waals surface area contributed by atoms with E-state index in [0.29, 0.717) is 18.2 Å². The van der Waals surface area contributed by atoms with E-state index in [4.69, 9.17) is 4.74 Å². The maximum atomic E-state index is 12.2. The molecule has 20 heavy (non-hydrogen) atoms. The van der Waals surface area contributed by atoms with Gasteiger partial charge in [0.15, 0.2) is 0 Å². The van der Waals surface area contributed by atoms with Crippen LogP contribution in [0.4, 0.5) is 10.5 Å². The Hall–Kier alpha value is -1.75. The minimum absolute atomic E-state index is 0.158. The summed E-state index contributed by atoms with van der Waals surface area (Å²) < 4.78 is 5.67. The molecule has 3 rings (SSSR count). The number of ether oxygens (including phenoxy) is 1. The summed E-state index contributed by atoms with van der Waals surface area (Å²) in [5.41, 5.74) is 0.248. The Bertz CT molecular complexity index is 514. The molecule has 1 unspecified atom stereocenters. The lowest BCUT2D eigenvalue weighted by Gasteiger charge is -2.34. The summed E-state index contributed by atoms with van der Waals surface area (Å²) in [6, 6.07) is 6.74. The average Bonchev–Trinajstić information content (AvgIpc) is 2.77. The van der Waals surface area contributed by atoms with Gasteiger partial charge in [-0.2, -0.15) is 0 Å². The van der Waals surface area contributed by atoms with Gasteiger partial charge in [0.1, 0.15) is 11.4 Å². The van der Waals surface area contributed by atoms with Crippen LogP contribution in [-0.2, 0) is 4.74 Å². The predicted molar refractivity (Wildman–Crippen MR) is 75.9 cm³/mol. The van der Waals surface area contributed by atoms with Crippen LogP contribution in [0.15, 0.2) is 24.3 Å². The van der Waals surface area contributed by atoms with Gasteiger partial charge < -0.3 is 15.2 Å². The number of rotatable bonds is 2. The monoisotopic (exact) mass is 276 g/mol. The highest BCUT2D eigenvalue weighted by Gasteiger charge is 2.47. The molecule has 108 valence electrons.